The number of halogens is 1. The molecule has 0 spiro atoms. The predicted molar refractivity (Wildman–Crippen MR) is 159 cm³/mol. The molecule has 6 nitrogen and oxygen atoms in total. The maximum absolute atomic E-state index is 13.9. The van der Waals surface area contributed by atoms with Crippen LogP contribution in [0.5, 0.6) is 0 Å². The number of carbonyl (C=O) groups excluding carboxylic acids is 1. The molecule has 7 heteroatoms. The summed E-state index contributed by atoms with van der Waals surface area (Å²) in [5, 5.41) is 3.63. The number of fused-ring (bicyclic) bond motifs is 1. The lowest BCUT2D eigenvalue weighted by Crippen LogP contribution is -2.39. The number of nitrogens with one attached hydrogen (secondary N) is 1. The van der Waals surface area contributed by atoms with E-state index in [2.05, 4.69) is 47.6 Å². The van der Waals surface area contributed by atoms with Crippen molar-refractivity contribution in [3.8, 4) is 0 Å². The second-order valence-corrected chi connectivity index (χ2v) is 11.2. The summed E-state index contributed by atoms with van der Waals surface area (Å²) in [6.07, 6.45) is 18.0. The average molecular weight is 545 g/mol. The van der Waals surface area contributed by atoms with Gasteiger partial charge in [-0.15, -0.1) is 0 Å². The molecule has 2 aliphatic carbocycles. The second-order valence-electron chi connectivity index (χ2n) is 10.8. The van der Waals surface area contributed by atoms with Crippen LogP contribution in [0.4, 0.5) is 0 Å². The Morgan fingerprint density at radius 1 is 1.18 bits per heavy atom. The largest absolute Gasteiger partial charge is 0.349 e. The van der Waals surface area contributed by atoms with Crippen molar-refractivity contribution in [1.29, 1.82) is 0 Å². The molecule has 0 radical (unpaired) electrons. The number of imidazole rings is 1. The van der Waals surface area contributed by atoms with Gasteiger partial charge in [0.15, 0.2) is 0 Å². The predicted octanol–water partition coefficient (Wildman–Crippen LogP) is 7.07. The van der Waals surface area contributed by atoms with Gasteiger partial charge in [-0.25, -0.2) is 4.79 Å². The fraction of sp³-hybridized carbons (Fsp3) is 0.406. The SMILES string of the molecule is CCC/C=C\C(=C/CC1=CC1)n1c(=O)n(CC2CCC(NC(=O)c3cc(Cl)cnc3C)CC2)c2ccccc21. The molecule has 1 saturated carbocycles. The number of allylic oxidation sites excluding steroid dienone is 6. The molecule has 2 aliphatic rings. The molecule has 0 saturated heterocycles. The molecule has 0 atom stereocenters. The molecule has 1 amide bonds. The monoisotopic (exact) mass is 544 g/mol. The van der Waals surface area contributed by atoms with Gasteiger partial charge >= 0.3 is 5.69 Å². The highest BCUT2D eigenvalue weighted by Gasteiger charge is 2.26. The first-order chi connectivity index (χ1) is 18.9. The number of rotatable bonds is 10. The number of benzene rings is 1. The van der Waals surface area contributed by atoms with Gasteiger partial charge in [-0.05, 0) is 82.1 Å². The zero-order valence-electron chi connectivity index (χ0n) is 22.8. The summed E-state index contributed by atoms with van der Waals surface area (Å²) < 4.78 is 3.84. The Hall–Kier alpha value is -3.38. The molecular weight excluding hydrogens is 508 g/mol. The number of aryl methyl sites for hydroxylation is 1. The summed E-state index contributed by atoms with van der Waals surface area (Å²) in [7, 11) is 0. The lowest BCUT2D eigenvalue weighted by molar-refractivity contribution is 0.0919. The molecule has 0 aliphatic heterocycles. The van der Waals surface area contributed by atoms with Gasteiger partial charge in [0.25, 0.3) is 5.91 Å². The Morgan fingerprint density at radius 2 is 1.92 bits per heavy atom. The minimum atomic E-state index is -0.123. The number of nitrogens with zero attached hydrogens (tertiary/aromatic N) is 3. The first-order valence-electron chi connectivity index (χ1n) is 14.1. The molecular formula is C32H37ClN4O2. The third-order valence-electron chi connectivity index (χ3n) is 7.82. The van der Waals surface area contributed by atoms with Gasteiger partial charge in [0, 0.05) is 24.5 Å². The first kappa shape index (κ1) is 27.2. The van der Waals surface area contributed by atoms with Crippen LogP contribution in [0, 0.1) is 12.8 Å². The molecule has 3 aromatic rings. The summed E-state index contributed by atoms with van der Waals surface area (Å²) >= 11 is 6.06. The Labute approximate surface area is 235 Å². The molecule has 1 fully saturated rings. The first-order valence-corrected chi connectivity index (χ1v) is 14.5. The molecule has 5 rings (SSSR count). The third kappa shape index (κ3) is 6.44. The summed E-state index contributed by atoms with van der Waals surface area (Å²) in [5.74, 6) is 0.256. The molecule has 2 heterocycles. The quantitative estimate of drug-likeness (QED) is 0.219. The van der Waals surface area contributed by atoms with Gasteiger partial charge in [-0.1, -0.05) is 60.9 Å². The molecule has 0 bridgehead atoms. The fourth-order valence-corrected chi connectivity index (χ4v) is 5.62. The number of hydrogen-bond donors (Lipinski definition) is 1. The maximum atomic E-state index is 13.9. The minimum absolute atomic E-state index is 0.0210. The van der Waals surface area contributed by atoms with Crippen LogP contribution in [0.25, 0.3) is 16.7 Å². The van der Waals surface area contributed by atoms with E-state index in [1.54, 1.807) is 12.3 Å². The van der Waals surface area contributed by atoms with Gasteiger partial charge in [0.2, 0.25) is 0 Å². The van der Waals surface area contributed by atoms with Crippen molar-refractivity contribution in [1.82, 2.24) is 19.4 Å². The number of amides is 1. The average Bonchev–Trinajstić information content (AvgIpc) is 3.73. The highest BCUT2D eigenvalue weighted by molar-refractivity contribution is 6.30. The lowest BCUT2D eigenvalue weighted by atomic mass is 9.85. The van der Waals surface area contributed by atoms with Gasteiger partial charge in [-0.3, -0.25) is 18.9 Å². The van der Waals surface area contributed by atoms with E-state index in [1.165, 1.54) is 5.57 Å². The van der Waals surface area contributed by atoms with E-state index in [4.69, 9.17) is 11.6 Å². The zero-order chi connectivity index (χ0) is 27.4. The highest BCUT2D eigenvalue weighted by Crippen LogP contribution is 2.29. The highest BCUT2D eigenvalue weighted by atomic mass is 35.5. The van der Waals surface area contributed by atoms with E-state index in [0.717, 1.165) is 68.1 Å². The van der Waals surface area contributed by atoms with E-state index < -0.39 is 0 Å². The molecule has 0 unspecified atom stereocenters. The van der Waals surface area contributed by atoms with Gasteiger partial charge in [0.05, 0.1) is 27.3 Å². The van der Waals surface area contributed by atoms with Crippen molar-refractivity contribution in [2.45, 2.75) is 77.8 Å². The van der Waals surface area contributed by atoms with Crippen LogP contribution in [0.15, 0.2) is 71.2 Å². The standard InChI is InChI=1S/C32H37ClN4O2/c1-3-4-5-8-27(18-15-23-11-12-23)37-30-10-7-6-9-29(30)36(32(37)39)21-24-13-16-26(17-14-24)35-31(38)28-19-25(33)20-34-22(28)2/h5-11,18-20,24,26H,3-4,12-17,21H2,1-2H3,(H,35,38)/b8-5-,27-18+. The van der Waals surface area contributed by atoms with Crippen LogP contribution < -0.4 is 11.0 Å². The normalized spacial score (nSPS) is 19.5. The number of carbonyl (C=O) groups is 1. The van der Waals surface area contributed by atoms with Crippen LogP contribution in [-0.4, -0.2) is 26.1 Å². The number of unbranched alkanes of at least 4 members (excludes halogenated alkanes) is 1. The van der Waals surface area contributed by atoms with Crippen LogP contribution in [-0.2, 0) is 6.54 Å². The van der Waals surface area contributed by atoms with Crippen molar-refractivity contribution in [3.05, 3.63) is 93.2 Å². The summed E-state index contributed by atoms with van der Waals surface area (Å²) in [6, 6.07) is 9.90. The van der Waals surface area contributed by atoms with E-state index in [9.17, 15) is 9.59 Å². The van der Waals surface area contributed by atoms with Crippen molar-refractivity contribution < 1.29 is 4.79 Å². The van der Waals surface area contributed by atoms with Gasteiger partial charge in [-0.2, -0.15) is 0 Å². The van der Waals surface area contributed by atoms with E-state index in [-0.39, 0.29) is 17.6 Å². The fourth-order valence-electron chi connectivity index (χ4n) is 5.46. The Kier molecular flexibility index (Phi) is 8.51. The molecule has 2 aromatic heterocycles. The van der Waals surface area contributed by atoms with Crippen LogP contribution >= 0.6 is 11.6 Å². The topological polar surface area (TPSA) is 68.9 Å². The number of pyridine rings is 1. The van der Waals surface area contributed by atoms with Crippen molar-refractivity contribution in [3.63, 3.8) is 0 Å². The maximum Gasteiger partial charge on any atom is 0.333 e. The van der Waals surface area contributed by atoms with Crippen molar-refractivity contribution >= 4 is 34.2 Å². The Balaban J connectivity index is 1.31. The number of hydrogen-bond acceptors (Lipinski definition) is 3. The molecule has 39 heavy (non-hydrogen) atoms. The minimum Gasteiger partial charge on any atom is -0.349 e. The van der Waals surface area contributed by atoms with Gasteiger partial charge in [0.1, 0.15) is 0 Å². The van der Waals surface area contributed by atoms with Crippen molar-refractivity contribution in [2.24, 2.45) is 5.92 Å². The molecule has 204 valence electrons. The Bertz CT molecular complexity index is 1500. The van der Waals surface area contributed by atoms with E-state index >= 15 is 0 Å². The van der Waals surface area contributed by atoms with Crippen molar-refractivity contribution in [2.75, 3.05) is 0 Å². The Morgan fingerprint density at radius 3 is 2.64 bits per heavy atom. The van der Waals surface area contributed by atoms with Crippen LogP contribution in [0.2, 0.25) is 5.02 Å². The third-order valence-corrected chi connectivity index (χ3v) is 8.03. The summed E-state index contributed by atoms with van der Waals surface area (Å²) in [5.41, 5.74) is 5.53. The van der Waals surface area contributed by atoms with Crippen LogP contribution in [0.1, 0.15) is 74.3 Å². The number of para-hydroxylation sites is 2. The molecule has 1 aromatic carbocycles. The lowest BCUT2D eigenvalue weighted by Gasteiger charge is -2.29. The van der Waals surface area contributed by atoms with Gasteiger partial charge < -0.3 is 5.32 Å². The molecule has 1 N–H and O–H groups in total. The smallest absolute Gasteiger partial charge is 0.333 e. The van der Waals surface area contributed by atoms with Crippen LogP contribution in [0.3, 0.4) is 0 Å². The second kappa shape index (κ2) is 12.2. The zero-order valence-corrected chi connectivity index (χ0v) is 23.6. The number of aromatic nitrogens is 3. The van der Waals surface area contributed by atoms with E-state index in [1.807, 2.05) is 34.3 Å². The summed E-state index contributed by atoms with van der Waals surface area (Å²) in [4.78, 5) is 30.9. The van der Waals surface area contributed by atoms with E-state index in [0.29, 0.717) is 28.7 Å². The summed E-state index contributed by atoms with van der Waals surface area (Å²) in [6.45, 7) is 4.66.